The Morgan fingerprint density at radius 2 is 1.89 bits per heavy atom. The summed E-state index contributed by atoms with van der Waals surface area (Å²) in [6, 6.07) is 7.01. The van der Waals surface area contributed by atoms with Crippen LogP contribution in [0.4, 0.5) is 14.5 Å². The fourth-order valence-electron chi connectivity index (χ4n) is 3.68. The normalized spacial score (nSPS) is 19.4. The number of benzene rings is 2. The van der Waals surface area contributed by atoms with Crippen molar-refractivity contribution in [2.45, 2.75) is 32.0 Å². The molecule has 0 aliphatic carbocycles. The molecule has 1 aliphatic rings. The number of thiazole rings is 1. The summed E-state index contributed by atoms with van der Waals surface area (Å²) < 4.78 is 55.0. The van der Waals surface area contributed by atoms with E-state index in [2.05, 4.69) is 20.3 Å². The highest BCUT2D eigenvalue weighted by molar-refractivity contribution is 7.87. The number of nitrogens with zero attached hydrogens (tertiary/aromatic N) is 2. The number of nitrogens with one attached hydrogen (secondary N) is 3. The molecule has 2 heterocycles. The first-order valence-corrected chi connectivity index (χ1v) is 13.6. The maximum absolute atomic E-state index is 13.4. The van der Waals surface area contributed by atoms with Gasteiger partial charge in [0.25, 0.3) is 10.2 Å². The van der Waals surface area contributed by atoms with Gasteiger partial charge in [-0.3, -0.25) is 9.59 Å². The Hall–Kier alpha value is -2.97. The number of carbonyl (C=O) groups excluding carboxylic acids is 2. The molecule has 37 heavy (non-hydrogen) atoms. The molecule has 1 fully saturated rings. The topological polar surface area (TPSA) is 120 Å². The van der Waals surface area contributed by atoms with Gasteiger partial charge in [0.1, 0.15) is 28.7 Å². The Labute approximate surface area is 221 Å². The Balaban J connectivity index is 1.44. The van der Waals surface area contributed by atoms with Crippen LogP contribution in [0.2, 0.25) is 5.02 Å². The zero-order valence-electron chi connectivity index (χ0n) is 19.6. The van der Waals surface area contributed by atoms with Gasteiger partial charge in [-0.25, -0.2) is 13.8 Å². The lowest BCUT2D eigenvalue weighted by atomic mass is 10.1. The van der Waals surface area contributed by atoms with E-state index in [-0.39, 0.29) is 29.5 Å². The van der Waals surface area contributed by atoms with E-state index in [1.807, 2.05) is 0 Å². The molecule has 1 saturated heterocycles. The molecule has 14 heteroatoms. The van der Waals surface area contributed by atoms with E-state index in [9.17, 15) is 26.8 Å². The van der Waals surface area contributed by atoms with Crippen LogP contribution >= 0.6 is 22.9 Å². The van der Waals surface area contributed by atoms with Crippen molar-refractivity contribution in [2.75, 3.05) is 12.4 Å². The Morgan fingerprint density at radius 1 is 1.19 bits per heavy atom. The maximum Gasteiger partial charge on any atom is 0.280 e. The van der Waals surface area contributed by atoms with Gasteiger partial charge in [0.05, 0.1) is 17.3 Å². The van der Waals surface area contributed by atoms with Gasteiger partial charge in [0.2, 0.25) is 11.8 Å². The average Bonchev–Trinajstić information content (AvgIpc) is 3.22. The van der Waals surface area contributed by atoms with Crippen LogP contribution in [0.5, 0.6) is 0 Å². The van der Waals surface area contributed by atoms with Gasteiger partial charge >= 0.3 is 0 Å². The van der Waals surface area contributed by atoms with Crippen LogP contribution in [-0.4, -0.2) is 48.7 Å². The molecule has 3 N–H and O–H groups in total. The Bertz CT molecular complexity index is 1450. The Kier molecular flexibility index (Phi) is 7.90. The van der Waals surface area contributed by atoms with Crippen molar-refractivity contribution >= 4 is 50.6 Å². The highest BCUT2D eigenvalue weighted by Crippen LogP contribution is 2.28. The number of likely N-dealkylation sites (N-methyl/N-ethyl adjacent to an activating group) is 1. The minimum Gasteiger partial charge on any atom is -0.350 e. The zero-order chi connectivity index (χ0) is 26.9. The molecule has 2 amide bonds. The molecule has 1 aromatic heterocycles. The SMILES string of the molecule is Cc1nc(-c2ccc(F)cc2)sc1CNC(=O)C1CC(C(=O)Nc2ccc(F)c(Cl)c2)N(C)S(=O)(=O)N1. The lowest BCUT2D eigenvalue weighted by Gasteiger charge is -2.35. The van der Waals surface area contributed by atoms with Crippen molar-refractivity contribution in [3.8, 4) is 10.6 Å². The minimum absolute atomic E-state index is 0.0858. The van der Waals surface area contributed by atoms with Crippen LogP contribution in [-0.2, 0) is 26.3 Å². The fraction of sp³-hybridized carbons (Fsp3) is 0.261. The molecular formula is C23H22ClF2N5O4S2. The van der Waals surface area contributed by atoms with Crippen LogP contribution in [0.15, 0.2) is 42.5 Å². The number of rotatable bonds is 6. The summed E-state index contributed by atoms with van der Waals surface area (Å²) in [5.74, 6) is -2.34. The number of hydrogen-bond acceptors (Lipinski definition) is 6. The van der Waals surface area contributed by atoms with Crippen LogP contribution in [0.1, 0.15) is 17.0 Å². The summed E-state index contributed by atoms with van der Waals surface area (Å²) in [7, 11) is -2.93. The predicted molar refractivity (Wildman–Crippen MR) is 136 cm³/mol. The monoisotopic (exact) mass is 569 g/mol. The highest BCUT2D eigenvalue weighted by Gasteiger charge is 2.42. The van der Waals surface area contributed by atoms with Crippen molar-refractivity contribution in [1.82, 2.24) is 19.3 Å². The molecule has 2 aromatic carbocycles. The second-order valence-electron chi connectivity index (χ2n) is 8.31. The van der Waals surface area contributed by atoms with Gasteiger partial charge in [-0.1, -0.05) is 11.6 Å². The average molecular weight is 570 g/mol. The summed E-state index contributed by atoms with van der Waals surface area (Å²) in [5, 5.41) is 5.65. The number of halogens is 3. The first-order valence-electron chi connectivity index (χ1n) is 11.0. The number of aromatic nitrogens is 1. The largest absolute Gasteiger partial charge is 0.350 e. The Morgan fingerprint density at radius 3 is 2.57 bits per heavy atom. The van der Waals surface area contributed by atoms with E-state index in [1.165, 1.54) is 42.6 Å². The summed E-state index contributed by atoms with van der Waals surface area (Å²) in [5.41, 5.74) is 1.58. The standard InChI is InChI=1S/C23H22ClF2N5O4S2/c1-12-20(36-23(28-12)13-3-5-14(25)6-4-13)11-27-21(32)18-10-19(31(2)37(34,35)30-18)22(33)29-15-7-8-17(26)16(24)9-15/h3-9,18-19,30H,10-11H2,1-2H3,(H,27,32)(H,29,33). The van der Waals surface area contributed by atoms with Gasteiger partial charge in [0, 0.05) is 23.2 Å². The van der Waals surface area contributed by atoms with Crippen molar-refractivity contribution in [1.29, 1.82) is 0 Å². The van der Waals surface area contributed by atoms with Crippen LogP contribution < -0.4 is 15.4 Å². The number of carbonyl (C=O) groups is 2. The van der Waals surface area contributed by atoms with Gasteiger partial charge < -0.3 is 10.6 Å². The van der Waals surface area contributed by atoms with Crippen LogP contribution in [0.25, 0.3) is 10.6 Å². The van der Waals surface area contributed by atoms with Crippen LogP contribution in [0.3, 0.4) is 0 Å². The van der Waals surface area contributed by atoms with Gasteiger partial charge in [-0.15, -0.1) is 11.3 Å². The maximum atomic E-state index is 13.4. The third-order valence-electron chi connectivity index (χ3n) is 5.78. The number of amides is 2. The predicted octanol–water partition coefficient (Wildman–Crippen LogP) is 3.21. The van der Waals surface area contributed by atoms with Gasteiger partial charge in [-0.2, -0.15) is 17.4 Å². The highest BCUT2D eigenvalue weighted by atomic mass is 35.5. The van der Waals surface area contributed by atoms with Crippen molar-refractivity contribution in [3.63, 3.8) is 0 Å². The summed E-state index contributed by atoms with van der Waals surface area (Å²) in [6.45, 7) is 1.86. The quantitative estimate of drug-likeness (QED) is 0.421. The van der Waals surface area contributed by atoms with E-state index in [4.69, 9.17) is 11.6 Å². The molecule has 9 nitrogen and oxygen atoms in total. The molecule has 3 aromatic rings. The van der Waals surface area contributed by atoms with E-state index in [0.29, 0.717) is 10.7 Å². The second-order valence-corrected chi connectivity index (χ2v) is 11.6. The second kappa shape index (κ2) is 10.8. The lowest BCUT2D eigenvalue weighted by molar-refractivity contribution is -0.124. The number of hydrogen-bond donors (Lipinski definition) is 3. The van der Waals surface area contributed by atoms with Crippen molar-refractivity contribution in [3.05, 3.63) is 69.7 Å². The van der Waals surface area contributed by atoms with Gasteiger partial charge in [0.15, 0.2) is 0 Å². The van der Waals surface area contributed by atoms with Crippen molar-refractivity contribution in [2.24, 2.45) is 0 Å². The molecule has 0 spiro atoms. The molecule has 0 bridgehead atoms. The summed E-state index contributed by atoms with van der Waals surface area (Å²) in [6.07, 6.45) is -0.148. The third kappa shape index (κ3) is 6.13. The molecule has 2 unspecified atom stereocenters. The fourth-order valence-corrected chi connectivity index (χ4v) is 6.12. The molecule has 2 atom stereocenters. The van der Waals surface area contributed by atoms with Crippen molar-refractivity contribution < 1.29 is 26.8 Å². The minimum atomic E-state index is -4.15. The smallest absolute Gasteiger partial charge is 0.280 e. The van der Waals surface area contributed by atoms with Crippen LogP contribution in [0, 0.1) is 18.6 Å². The first-order chi connectivity index (χ1) is 17.4. The molecule has 4 rings (SSSR count). The molecular weight excluding hydrogens is 548 g/mol. The zero-order valence-corrected chi connectivity index (χ0v) is 22.0. The lowest BCUT2D eigenvalue weighted by Crippen LogP contribution is -2.62. The number of aryl methyl sites for hydroxylation is 1. The number of anilines is 1. The van der Waals surface area contributed by atoms with E-state index < -0.39 is 39.9 Å². The van der Waals surface area contributed by atoms with E-state index >= 15 is 0 Å². The molecule has 0 saturated carbocycles. The summed E-state index contributed by atoms with van der Waals surface area (Å²) in [4.78, 5) is 31.0. The molecule has 0 radical (unpaired) electrons. The third-order valence-corrected chi connectivity index (χ3v) is 8.87. The first kappa shape index (κ1) is 27.1. The summed E-state index contributed by atoms with van der Waals surface area (Å²) >= 11 is 7.07. The van der Waals surface area contributed by atoms with E-state index in [1.54, 1.807) is 19.1 Å². The van der Waals surface area contributed by atoms with Gasteiger partial charge in [-0.05, 0) is 55.8 Å². The molecule has 1 aliphatic heterocycles. The van der Waals surface area contributed by atoms with E-state index in [0.717, 1.165) is 20.8 Å². The molecule has 196 valence electrons.